The average Bonchev–Trinajstić information content (AvgIpc) is 3.00. The lowest BCUT2D eigenvalue weighted by Gasteiger charge is -2.32. The topological polar surface area (TPSA) is 61.4 Å². The molecule has 2 rings (SSSR count). The number of hydrogen-bond acceptors (Lipinski definition) is 4. The van der Waals surface area contributed by atoms with E-state index in [2.05, 4.69) is 51.4 Å². The Morgan fingerprint density at radius 2 is 2.04 bits per heavy atom. The van der Waals surface area contributed by atoms with Crippen molar-refractivity contribution in [2.45, 2.75) is 45.7 Å². The highest BCUT2D eigenvalue weighted by atomic mass is 79.9. The van der Waals surface area contributed by atoms with E-state index >= 15 is 0 Å². The molecule has 0 bridgehead atoms. The molecule has 1 aromatic rings. The van der Waals surface area contributed by atoms with Crippen LogP contribution in [0.3, 0.4) is 0 Å². The van der Waals surface area contributed by atoms with E-state index in [1.165, 1.54) is 16.9 Å². The quantitative estimate of drug-likeness (QED) is 0.685. The Morgan fingerprint density at radius 3 is 2.60 bits per heavy atom. The van der Waals surface area contributed by atoms with E-state index in [4.69, 9.17) is 0 Å². The monoisotopic (exact) mass is 427 g/mol. The van der Waals surface area contributed by atoms with Crippen molar-refractivity contribution >= 4 is 39.1 Å². The number of carbonyl (C=O) groups is 2. The van der Waals surface area contributed by atoms with Crippen molar-refractivity contribution in [3.05, 3.63) is 32.4 Å². The fourth-order valence-electron chi connectivity index (χ4n) is 2.67. The number of allylic oxidation sites excluding steroid dienone is 1. The zero-order valence-corrected chi connectivity index (χ0v) is 17.4. The molecule has 7 heteroatoms. The second kappa shape index (κ2) is 9.50. The van der Waals surface area contributed by atoms with Gasteiger partial charge in [0.2, 0.25) is 5.91 Å². The minimum Gasteiger partial charge on any atom is -0.351 e. The fraction of sp³-hybridized carbons (Fsp3) is 0.556. The molecule has 1 atom stereocenters. The largest absolute Gasteiger partial charge is 0.351 e. The van der Waals surface area contributed by atoms with E-state index in [1.54, 1.807) is 13.0 Å². The number of halogens is 1. The van der Waals surface area contributed by atoms with E-state index in [0.717, 1.165) is 36.3 Å². The van der Waals surface area contributed by atoms with Gasteiger partial charge in [0, 0.05) is 25.7 Å². The fourth-order valence-corrected chi connectivity index (χ4v) is 3.96. The van der Waals surface area contributed by atoms with Gasteiger partial charge in [0.1, 0.15) is 6.04 Å². The van der Waals surface area contributed by atoms with Crippen LogP contribution in [0.5, 0.6) is 0 Å². The van der Waals surface area contributed by atoms with Crippen molar-refractivity contribution in [2.75, 3.05) is 19.6 Å². The Balaban J connectivity index is 1.74. The van der Waals surface area contributed by atoms with Gasteiger partial charge in [-0.25, -0.2) is 0 Å². The summed E-state index contributed by atoms with van der Waals surface area (Å²) >= 11 is 4.69. The summed E-state index contributed by atoms with van der Waals surface area (Å²) in [5, 5.41) is 5.83. The number of piperidine rings is 1. The van der Waals surface area contributed by atoms with E-state index in [-0.39, 0.29) is 17.9 Å². The number of nitrogens with one attached hydrogen (secondary N) is 2. The van der Waals surface area contributed by atoms with E-state index in [0.29, 0.717) is 4.88 Å². The molecule has 0 aliphatic carbocycles. The molecule has 0 aromatic carbocycles. The molecule has 1 aliphatic rings. The molecule has 138 valence electrons. The molecule has 0 spiro atoms. The molecule has 25 heavy (non-hydrogen) atoms. The first-order chi connectivity index (χ1) is 11.8. The Hall–Kier alpha value is -1.18. The number of thiophene rings is 1. The summed E-state index contributed by atoms with van der Waals surface area (Å²) in [4.78, 5) is 27.4. The molecule has 2 amide bonds. The predicted molar refractivity (Wildman–Crippen MR) is 106 cm³/mol. The molecule has 1 saturated heterocycles. The van der Waals surface area contributed by atoms with Crippen LogP contribution in [-0.2, 0) is 4.79 Å². The summed E-state index contributed by atoms with van der Waals surface area (Å²) < 4.78 is 0.898. The van der Waals surface area contributed by atoms with Crippen LogP contribution in [0.1, 0.15) is 43.3 Å². The van der Waals surface area contributed by atoms with Gasteiger partial charge < -0.3 is 10.6 Å². The van der Waals surface area contributed by atoms with Gasteiger partial charge >= 0.3 is 0 Å². The van der Waals surface area contributed by atoms with Gasteiger partial charge in [-0.05, 0) is 61.7 Å². The molecule has 1 unspecified atom stereocenters. The second-order valence-corrected chi connectivity index (χ2v) is 9.13. The lowest BCUT2D eigenvalue weighted by molar-refractivity contribution is -0.123. The highest BCUT2D eigenvalue weighted by molar-refractivity contribution is 9.11. The highest BCUT2D eigenvalue weighted by Crippen LogP contribution is 2.21. The number of likely N-dealkylation sites (tertiary alicyclic amines) is 1. The van der Waals surface area contributed by atoms with Crippen molar-refractivity contribution in [2.24, 2.45) is 0 Å². The number of hydrogen-bond donors (Lipinski definition) is 2. The van der Waals surface area contributed by atoms with Crippen LogP contribution in [0.15, 0.2) is 27.6 Å². The standard InChI is InChI=1S/C18H26BrN3O2S/c1-12(2)6-9-22-10-7-14(8-11-22)21-17(23)13(3)20-18(24)15-4-5-16(19)25-15/h4-6,13-14H,7-11H2,1-3H3,(H,20,24)(H,21,23). The van der Waals surface area contributed by atoms with Crippen molar-refractivity contribution in [1.29, 1.82) is 0 Å². The van der Waals surface area contributed by atoms with E-state index in [9.17, 15) is 9.59 Å². The predicted octanol–water partition coefficient (Wildman–Crippen LogP) is 3.18. The summed E-state index contributed by atoms with van der Waals surface area (Å²) in [6.45, 7) is 8.89. The second-order valence-electron chi connectivity index (χ2n) is 6.66. The van der Waals surface area contributed by atoms with E-state index in [1.807, 2.05) is 6.07 Å². The molecule has 1 fully saturated rings. The van der Waals surface area contributed by atoms with Crippen LogP contribution in [0.4, 0.5) is 0 Å². The van der Waals surface area contributed by atoms with Crippen LogP contribution >= 0.6 is 27.3 Å². The molecular formula is C18H26BrN3O2S. The molecule has 2 heterocycles. The number of carbonyl (C=O) groups excluding carboxylic acids is 2. The maximum Gasteiger partial charge on any atom is 0.262 e. The van der Waals surface area contributed by atoms with Crippen molar-refractivity contribution in [1.82, 2.24) is 15.5 Å². The molecule has 0 saturated carbocycles. The van der Waals surface area contributed by atoms with Crippen molar-refractivity contribution in [3.8, 4) is 0 Å². The summed E-state index contributed by atoms with van der Waals surface area (Å²) in [7, 11) is 0. The highest BCUT2D eigenvalue weighted by Gasteiger charge is 2.23. The summed E-state index contributed by atoms with van der Waals surface area (Å²) in [6, 6.07) is 3.22. The van der Waals surface area contributed by atoms with Crippen LogP contribution in [0, 0.1) is 0 Å². The van der Waals surface area contributed by atoms with Gasteiger partial charge in [-0.3, -0.25) is 14.5 Å². The smallest absolute Gasteiger partial charge is 0.262 e. The van der Waals surface area contributed by atoms with E-state index < -0.39 is 6.04 Å². The van der Waals surface area contributed by atoms with Crippen molar-refractivity contribution < 1.29 is 9.59 Å². The van der Waals surface area contributed by atoms with Gasteiger partial charge in [0.15, 0.2) is 0 Å². The average molecular weight is 428 g/mol. The molecule has 1 aromatic heterocycles. The summed E-state index contributed by atoms with van der Waals surface area (Å²) in [5.74, 6) is -0.332. The van der Waals surface area contributed by atoms with Gasteiger partial charge in [0.05, 0.1) is 8.66 Å². The van der Waals surface area contributed by atoms with Crippen LogP contribution in [-0.4, -0.2) is 48.4 Å². The molecule has 0 radical (unpaired) electrons. The number of amides is 2. The third-order valence-corrected chi connectivity index (χ3v) is 5.85. The van der Waals surface area contributed by atoms with Gasteiger partial charge in [-0.1, -0.05) is 11.6 Å². The zero-order chi connectivity index (χ0) is 18.4. The normalized spacial score (nSPS) is 17.0. The Morgan fingerprint density at radius 1 is 1.36 bits per heavy atom. The Kier molecular flexibility index (Phi) is 7.65. The minimum atomic E-state index is -0.544. The lowest BCUT2D eigenvalue weighted by atomic mass is 10.0. The number of rotatable bonds is 6. The Labute approximate surface area is 162 Å². The minimum absolute atomic E-state index is 0.119. The third-order valence-electron chi connectivity index (χ3n) is 4.23. The first-order valence-electron chi connectivity index (χ1n) is 8.57. The lowest BCUT2D eigenvalue weighted by Crippen LogP contribution is -2.51. The first kappa shape index (κ1) is 20.1. The molecule has 5 nitrogen and oxygen atoms in total. The molecule has 1 aliphatic heterocycles. The van der Waals surface area contributed by atoms with Gasteiger partial charge in [-0.2, -0.15) is 0 Å². The first-order valence-corrected chi connectivity index (χ1v) is 10.2. The Bertz CT molecular complexity index is 632. The van der Waals surface area contributed by atoms with Gasteiger partial charge in [0.25, 0.3) is 5.91 Å². The van der Waals surface area contributed by atoms with Crippen LogP contribution in [0.2, 0.25) is 0 Å². The molecular weight excluding hydrogens is 402 g/mol. The maximum absolute atomic E-state index is 12.3. The number of nitrogens with zero attached hydrogens (tertiary/aromatic N) is 1. The van der Waals surface area contributed by atoms with Crippen LogP contribution in [0.25, 0.3) is 0 Å². The maximum atomic E-state index is 12.3. The van der Waals surface area contributed by atoms with Gasteiger partial charge in [-0.15, -0.1) is 11.3 Å². The van der Waals surface area contributed by atoms with Crippen molar-refractivity contribution in [3.63, 3.8) is 0 Å². The third kappa shape index (κ3) is 6.56. The summed E-state index contributed by atoms with van der Waals surface area (Å²) in [5.41, 5.74) is 1.33. The molecule has 2 N–H and O–H groups in total. The zero-order valence-electron chi connectivity index (χ0n) is 15.0. The van der Waals surface area contributed by atoms with Crippen LogP contribution < -0.4 is 10.6 Å². The SMILES string of the molecule is CC(C)=CCN1CCC(NC(=O)C(C)NC(=O)c2ccc(Br)s2)CC1. The summed E-state index contributed by atoms with van der Waals surface area (Å²) in [6.07, 6.45) is 4.13.